The van der Waals surface area contributed by atoms with E-state index in [1.54, 1.807) is 11.0 Å². The number of rotatable bonds is 4. The van der Waals surface area contributed by atoms with Gasteiger partial charge in [0.1, 0.15) is 0 Å². The van der Waals surface area contributed by atoms with Crippen LogP contribution in [0.2, 0.25) is 0 Å². The first-order chi connectivity index (χ1) is 11.0. The number of amides is 1. The standard InChI is InChI=1S/C18H20F3NO/c19-18(20,21)16-9-5-4-8-14(16)12-22(15-10-11-15)17(23)13-6-2-1-3-7-13/h1-2,4-5,8-9,13,15H,3,6-7,10-12H2. The third kappa shape index (κ3) is 3.77. The Balaban J connectivity index is 1.81. The molecule has 5 heteroatoms. The number of halogens is 3. The van der Waals surface area contributed by atoms with Crippen molar-refractivity contribution in [1.82, 2.24) is 4.90 Å². The van der Waals surface area contributed by atoms with E-state index >= 15 is 0 Å². The molecule has 2 nitrogen and oxygen atoms in total. The Kier molecular flexibility index (Phi) is 4.46. The maximum absolute atomic E-state index is 13.2. The summed E-state index contributed by atoms with van der Waals surface area (Å²) in [5.74, 6) is -0.0764. The fourth-order valence-corrected chi connectivity index (χ4v) is 3.14. The molecule has 0 radical (unpaired) electrons. The van der Waals surface area contributed by atoms with E-state index in [1.165, 1.54) is 12.1 Å². The highest BCUT2D eigenvalue weighted by molar-refractivity contribution is 5.80. The first-order valence-corrected chi connectivity index (χ1v) is 8.07. The Morgan fingerprint density at radius 1 is 1.13 bits per heavy atom. The maximum atomic E-state index is 13.2. The smallest absolute Gasteiger partial charge is 0.335 e. The Bertz CT molecular complexity index is 605. The van der Waals surface area contributed by atoms with E-state index in [1.807, 2.05) is 6.08 Å². The average molecular weight is 323 g/mol. The summed E-state index contributed by atoms with van der Waals surface area (Å²) < 4.78 is 39.5. The molecule has 0 bridgehead atoms. The Morgan fingerprint density at radius 3 is 2.48 bits per heavy atom. The molecule has 0 aliphatic heterocycles. The number of carbonyl (C=O) groups is 1. The van der Waals surface area contributed by atoms with Crippen LogP contribution in [-0.4, -0.2) is 16.8 Å². The van der Waals surface area contributed by atoms with Crippen LogP contribution < -0.4 is 0 Å². The number of alkyl halides is 3. The molecule has 0 aromatic heterocycles. The van der Waals surface area contributed by atoms with Gasteiger partial charge in [0.25, 0.3) is 0 Å². The predicted molar refractivity (Wildman–Crippen MR) is 81.5 cm³/mol. The summed E-state index contributed by atoms with van der Waals surface area (Å²) >= 11 is 0. The lowest BCUT2D eigenvalue weighted by atomic mass is 9.92. The van der Waals surface area contributed by atoms with Crippen LogP contribution in [0, 0.1) is 5.92 Å². The molecular weight excluding hydrogens is 303 g/mol. The highest BCUT2D eigenvalue weighted by Gasteiger charge is 2.38. The second kappa shape index (κ2) is 6.38. The molecule has 1 aromatic carbocycles. The van der Waals surface area contributed by atoms with Crippen molar-refractivity contribution in [2.45, 2.75) is 50.9 Å². The molecule has 0 N–H and O–H groups in total. The number of nitrogens with zero attached hydrogens (tertiary/aromatic N) is 1. The molecule has 0 heterocycles. The molecular formula is C18H20F3NO. The minimum absolute atomic E-state index is 0.00817. The Morgan fingerprint density at radius 2 is 1.87 bits per heavy atom. The summed E-state index contributed by atoms with van der Waals surface area (Å²) in [6, 6.07) is 5.67. The third-order valence-electron chi connectivity index (χ3n) is 4.55. The highest BCUT2D eigenvalue weighted by atomic mass is 19.4. The maximum Gasteiger partial charge on any atom is 0.416 e. The van der Waals surface area contributed by atoms with Crippen molar-refractivity contribution in [2.24, 2.45) is 5.92 Å². The van der Waals surface area contributed by atoms with Crippen molar-refractivity contribution in [2.75, 3.05) is 0 Å². The van der Waals surface area contributed by atoms with Gasteiger partial charge >= 0.3 is 6.18 Å². The van der Waals surface area contributed by atoms with Crippen LogP contribution in [0.5, 0.6) is 0 Å². The van der Waals surface area contributed by atoms with E-state index in [4.69, 9.17) is 0 Å². The SMILES string of the molecule is O=C(C1CC=CCC1)N(Cc1ccccc1C(F)(F)F)C1CC1. The van der Waals surface area contributed by atoms with Gasteiger partial charge in [-0.2, -0.15) is 13.2 Å². The Hall–Kier alpha value is -1.78. The number of allylic oxidation sites excluding steroid dienone is 2. The fourth-order valence-electron chi connectivity index (χ4n) is 3.14. The number of hydrogen-bond donors (Lipinski definition) is 0. The van der Waals surface area contributed by atoms with E-state index in [2.05, 4.69) is 6.08 Å². The molecule has 1 atom stereocenters. The highest BCUT2D eigenvalue weighted by Crippen LogP contribution is 2.36. The minimum Gasteiger partial charge on any atom is -0.335 e. The van der Waals surface area contributed by atoms with Gasteiger partial charge in [-0.25, -0.2) is 0 Å². The van der Waals surface area contributed by atoms with Crippen molar-refractivity contribution in [1.29, 1.82) is 0 Å². The molecule has 23 heavy (non-hydrogen) atoms. The van der Waals surface area contributed by atoms with Gasteiger partial charge < -0.3 is 4.90 Å². The van der Waals surface area contributed by atoms with Crippen molar-refractivity contribution < 1.29 is 18.0 Å². The molecule has 2 aliphatic rings. The van der Waals surface area contributed by atoms with Gasteiger partial charge in [-0.05, 0) is 43.7 Å². The zero-order chi connectivity index (χ0) is 16.4. The van der Waals surface area contributed by atoms with Gasteiger partial charge in [-0.15, -0.1) is 0 Å². The van der Waals surface area contributed by atoms with Crippen LogP contribution in [0.4, 0.5) is 13.2 Å². The molecule has 1 amide bonds. The molecule has 1 fully saturated rings. The van der Waals surface area contributed by atoms with Crippen LogP contribution in [0.25, 0.3) is 0 Å². The summed E-state index contributed by atoms with van der Waals surface area (Å²) in [4.78, 5) is 14.4. The van der Waals surface area contributed by atoms with E-state index in [0.29, 0.717) is 6.42 Å². The number of hydrogen-bond acceptors (Lipinski definition) is 1. The van der Waals surface area contributed by atoms with E-state index in [9.17, 15) is 18.0 Å². The summed E-state index contributed by atoms with van der Waals surface area (Å²) in [6.07, 6.45) is 3.81. The molecule has 0 saturated heterocycles. The van der Waals surface area contributed by atoms with E-state index < -0.39 is 11.7 Å². The largest absolute Gasteiger partial charge is 0.416 e. The minimum atomic E-state index is -4.39. The van der Waals surface area contributed by atoms with Crippen LogP contribution in [0.1, 0.15) is 43.2 Å². The van der Waals surface area contributed by atoms with Crippen molar-refractivity contribution in [3.63, 3.8) is 0 Å². The molecule has 0 spiro atoms. The van der Waals surface area contributed by atoms with E-state index in [-0.39, 0.29) is 30.0 Å². The van der Waals surface area contributed by atoms with Crippen molar-refractivity contribution in [3.05, 3.63) is 47.5 Å². The quantitative estimate of drug-likeness (QED) is 0.744. The summed E-state index contributed by atoms with van der Waals surface area (Å²) in [7, 11) is 0. The van der Waals surface area contributed by atoms with Crippen LogP contribution in [0.3, 0.4) is 0 Å². The lowest BCUT2D eigenvalue weighted by Crippen LogP contribution is -2.38. The molecule has 3 rings (SSSR count). The van der Waals surface area contributed by atoms with Gasteiger partial charge in [-0.1, -0.05) is 30.4 Å². The van der Waals surface area contributed by atoms with Gasteiger partial charge in [0.2, 0.25) is 5.91 Å². The monoisotopic (exact) mass is 323 g/mol. The van der Waals surface area contributed by atoms with Gasteiger partial charge in [0.15, 0.2) is 0 Å². The summed E-state index contributed by atoms with van der Waals surface area (Å²) in [5.41, 5.74) is -0.450. The topological polar surface area (TPSA) is 20.3 Å². The molecule has 1 saturated carbocycles. The summed E-state index contributed by atoms with van der Waals surface area (Å²) in [5, 5.41) is 0. The second-order valence-electron chi connectivity index (χ2n) is 6.33. The molecule has 124 valence electrons. The lowest BCUT2D eigenvalue weighted by molar-refractivity contribution is -0.141. The first-order valence-electron chi connectivity index (χ1n) is 8.07. The van der Waals surface area contributed by atoms with Crippen LogP contribution >= 0.6 is 0 Å². The lowest BCUT2D eigenvalue weighted by Gasteiger charge is -2.29. The summed E-state index contributed by atoms with van der Waals surface area (Å²) in [6.45, 7) is 0.0550. The first kappa shape index (κ1) is 16.1. The average Bonchev–Trinajstić information content (AvgIpc) is 3.37. The molecule has 2 aliphatic carbocycles. The van der Waals surface area contributed by atoms with E-state index in [0.717, 1.165) is 31.7 Å². The zero-order valence-electron chi connectivity index (χ0n) is 12.9. The van der Waals surface area contributed by atoms with Crippen molar-refractivity contribution >= 4 is 5.91 Å². The zero-order valence-corrected chi connectivity index (χ0v) is 12.9. The Labute approximate surface area is 134 Å². The normalized spacial score (nSPS) is 21.3. The number of benzene rings is 1. The van der Waals surface area contributed by atoms with Gasteiger partial charge in [0.05, 0.1) is 5.56 Å². The van der Waals surface area contributed by atoms with Crippen LogP contribution in [-0.2, 0) is 17.5 Å². The molecule has 1 aromatic rings. The van der Waals surface area contributed by atoms with Crippen LogP contribution in [0.15, 0.2) is 36.4 Å². The van der Waals surface area contributed by atoms with Gasteiger partial charge in [0, 0.05) is 18.5 Å². The fraction of sp³-hybridized carbons (Fsp3) is 0.500. The third-order valence-corrected chi connectivity index (χ3v) is 4.55. The van der Waals surface area contributed by atoms with Crippen molar-refractivity contribution in [3.8, 4) is 0 Å². The second-order valence-corrected chi connectivity index (χ2v) is 6.33. The predicted octanol–water partition coefficient (Wildman–Crippen LogP) is 4.55. The van der Waals surface area contributed by atoms with Gasteiger partial charge in [-0.3, -0.25) is 4.79 Å². The number of carbonyl (C=O) groups excluding carboxylic acids is 1. The molecule has 1 unspecified atom stereocenters.